The molecule has 0 aromatic carbocycles. The summed E-state index contributed by atoms with van der Waals surface area (Å²) in [5.74, 6) is 0.138. The summed E-state index contributed by atoms with van der Waals surface area (Å²) in [4.78, 5) is 36.8. The first kappa shape index (κ1) is 40.3. The van der Waals surface area contributed by atoms with Gasteiger partial charge in [0, 0.05) is 24.6 Å². The molecule has 9 nitrogen and oxygen atoms in total. The third kappa shape index (κ3) is 27.2. The molecule has 0 aromatic heterocycles. The van der Waals surface area contributed by atoms with Gasteiger partial charge in [-0.15, -0.1) is 0 Å². The molecule has 248 valence electrons. The maximum absolute atomic E-state index is 12.4. The summed E-state index contributed by atoms with van der Waals surface area (Å²) in [7, 11) is 0. The number of carbonyl (C=O) groups excluding carboxylic acids is 3. The molecule has 0 fully saturated rings. The summed E-state index contributed by atoms with van der Waals surface area (Å²) >= 11 is 1.35. The van der Waals surface area contributed by atoms with Crippen LogP contribution in [0.2, 0.25) is 0 Å². The highest BCUT2D eigenvalue weighted by Gasteiger charge is 2.23. The average molecular weight is 618 g/mol. The van der Waals surface area contributed by atoms with Crippen LogP contribution in [0.4, 0.5) is 9.59 Å². The molecule has 0 rings (SSSR count). The van der Waals surface area contributed by atoms with E-state index in [-0.39, 0.29) is 6.61 Å². The fraction of sp³-hybridized carbons (Fsp3) is 0.906. The van der Waals surface area contributed by atoms with E-state index in [4.69, 9.17) is 19.9 Å². The van der Waals surface area contributed by atoms with Gasteiger partial charge in [-0.3, -0.25) is 4.79 Å². The topological polar surface area (TPSA) is 129 Å². The van der Waals surface area contributed by atoms with Gasteiger partial charge in [0.15, 0.2) is 0 Å². The molecule has 0 aliphatic carbocycles. The van der Waals surface area contributed by atoms with Crippen LogP contribution < -0.4 is 16.4 Å². The van der Waals surface area contributed by atoms with Crippen LogP contribution in [-0.2, 0) is 19.0 Å². The van der Waals surface area contributed by atoms with Crippen molar-refractivity contribution in [2.45, 2.75) is 155 Å². The normalized spacial score (nSPS) is 12.8. The van der Waals surface area contributed by atoms with Crippen LogP contribution in [0.3, 0.4) is 0 Å². The summed E-state index contributed by atoms with van der Waals surface area (Å²) in [6, 6.07) is -0.804. The standard InChI is InChI=1S/C32H63N3O6S/c1-6-8-10-12-14-16-18-20-22-34-30(37)39-24-27(25-42-26-28(33)29(36)41-32(3,4)5)40-31(38)35-23-21-19-17-15-13-11-9-7-2/h27-28H,6-26,33H2,1-5H3,(H,34,37)(H,35,38)/t27-,28+/m1/s1. The number of nitrogens with two attached hydrogens (primary N) is 1. The third-order valence-corrected chi connectivity index (χ3v) is 7.79. The third-order valence-electron chi connectivity index (χ3n) is 6.58. The lowest BCUT2D eigenvalue weighted by Gasteiger charge is -2.22. The molecule has 0 heterocycles. The Morgan fingerprint density at radius 3 is 1.62 bits per heavy atom. The van der Waals surface area contributed by atoms with E-state index in [1.54, 1.807) is 20.8 Å². The number of alkyl carbamates (subject to hydrolysis) is 2. The molecule has 0 aliphatic rings. The predicted octanol–water partition coefficient (Wildman–Crippen LogP) is 7.49. The largest absolute Gasteiger partial charge is 0.459 e. The van der Waals surface area contributed by atoms with Gasteiger partial charge in [0.1, 0.15) is 24.4 Å². The van der Waals surface area contributed by atoms with Gasteiger partial charge in [0.25, 0.3) is 0 Å². The Morgan fingerprint density at radius 1 is 0.690 bits per heavy atom. The van der Waals surface area contributed by atoms with Crippen molar-refractivity contribution in [1.29, 1.82) is 0 Å². The maximum atomic E-state index is 12.4. The molecule has 10 heteroatoms. The van der Waals surface area contributed by atoms with Gasteiger partial charge in [-0.05, 0) is 33.6 Å². The van der Waals surface area contributed by atoms with E-state index in [1.807, 2.05) is 0 Å². The second kappa shape index (κ2) is 26.9. The van der Waals surface area contributed by atoms with Gasteiger partial charge in [-0.25, -0.2) is 9.59 Å². The number of esters is 1. The SMILES string of the molecule is CCCCCCCCCCNC(=O)OC[C@H](CSC[C@H](N)C(=O)OC(C)(C)C)OC(=O)NCCCCCCCCCC. The lowest BCUT2D eigenvalue weighted by molar-refractivity contribution is -0.155. The van der Waals surface area contributed by atoms with Crippen LogP contribution in [0.1, 0.15) is 137 Å². The minimum Gasteiger partial charge on any atom is -0.459 e. The van der Waals surface area contributed by atoms with Gasteiger partial charge in [-0.1, -0.05) is 104 Å². The van der Waals surface area contributed by atoms with Crippen molar-refractivity contribution < 1.29 is 28.6 Å². The van der Waals surface area contributed by atoms with E-state index in [0.717, 1.165) is 25.7 Å². The van der Waals surface area contributed by atoms with Crippen molar-refractivity contribution in [3.63, 3.8) is 0 Å². The number of amides is 2. The fourth-order valence-corrected chi connectivity index (χ4v) is 5.15. The predicted molar refractivity (Wildman–Crippen MR) is 174 cm³/mol. The van der Waals surface area contributed by atoms with Gasteiger partial charge in [0.05, 0.1) is 0 Å². The molecule has 0 spiro atoms. The molecule has 0 aromatic rings. The lowest BCUT2D eigenvalue weighted by Crippen LogP contribution is -2.40. The van der Waals surface area contributed by atoms with E-state index in [0.29, 0.717) is 24.6 Å². The zero-order chi connectivity index (χ0) is 31.5. The van der Waals surface area contributed by atoms with E-state index in [9.17, 15) is 14.4 Å². The van der Waals surface area contributed by atoms with Crippen LogP contribution in [0.5, 0.6) is 0 Å². The van der Waals surface area contributed by atoms with Crippen LogP contribution in [0, 0.1) is 0 Å². The van der Waals surface area contributed by atoms with Crippen molar-refractivity contribution in [2.75, 3.05) is 31.2 Å². The number of thioether (sulfide) groups is 1. The summed E-state index contributed by atoms with van der Waals surface area (Å²) in [5.41, 5.74) is 5.37. The highest BCUT2D eigenvalue weighted by molar-refractivity contribution is 7.99. The second-order valence-electron chi connectivity index (χ2n) is 12.1. The molecule has 2 amide bonds. The van der Waals surface area contributed by atoms with E-state index >= 15 is 0 Å². The van der Waals surface area contributed by atoms with Gasteiger partial charge >= 0.3 is 18.2 Å². The first-order chi connectivity index (χ1) is 20.1. The van der Waals surface area contributed by atoms with Crippen molar-refractivity contribution in [2.24, 2.45) is 5.73 Å². The maximum Gasteiger partial charge on any atom is 0.407 e. The Bertz CT molecular complexity index is 690. The summed E-state index contributed by atoms with van der Waals surface area (Å²) < 4.78 is 16.2. The van der Waals surface area contributed by atoms with Crippen LogP contribution in [0.25, 0.3) is 0 Å². The first-order valence-electron chi connectivity index (χ1n) is 16.5. The van der Waals surface area contributed by atoms with E-state index in [1.165, 1.54) is 88.8 Å². The van der Waals surface area contributed by atoms with Crippen molar-refractivity contribution in [1.82, 2.24) is 10.6 Å². The summed E-state index contributed by atoms with van der Waals surface area (Å²) in [6.07, 6.45) is 17.2. The Balaban J connectivity index is 4.45. The highest BCUT2D eigenvalue weighted by Crippen LogP contribution is 2.13. The second-order valence-corrected chi connectivity index (χ2v) is 13.2. The van der Waals surface area contributed by atoms with Gasteiger partial charge in [0.2, 0.25) is 0 Å². The van der Waals surface area contributed by atoms with Gasteiger partial charge < -0.3 is 30.6 Å². The number of hydrogen-bond acceptors (Lipinski definition) is 8. The molecular weight excluding hydrogens is 554 g/mol. The number of carbonyl (C=O) groups is 3. The van der Waals surface area contributed by atoms with E-state index in [2.05, 4.69) is 24.5 Å². The Kier molecular flexibility index (Phi) is 25.8. The molecule has 0 radical (unpaired) electrons. The average Bonchev–Trinajstić information content (AvgIpc) is 2.93. The number of hydrogen-bond donors (Lipinski definition) is 3. The van der Waals surface area contributed by atoms with Crippen LogP contribution >= 0.6 is 11.8 Å². The summed E-state index contributed by atoms with van der Waals surface area (Å²) in [6.45, 7) is 10.8. The monoisotopic (exact) mass is 617 g/mol. The minimum absolute atomic E-state index is 0.0802. The Labute approximate surface area is 260 Å². The molecule has 0 unspecified atom stereocenters. The van der Waals surface area contributed by atoms with Crippen molar-refractivity contribution in [3.8, 4) is 0 Å². The molecule has 2 atom stereocenters. The zero-order valence-electron chi connectivity index (χ0n) is 27.4. The first-order valence-corrected chi connectivity index (χ1v) is 17.7. The fourth-order valence-electron chi connectivity index (χ4n) is 4.20. The van der Waals surface area contributed by atoms with Crippen molar-refractivity contribution >= 4 is 29.9 Å². The molecular formula is C32H63N3O6S. The van der Waals surface area contributed by atoms with Crippen LogP contribution in [-0.4, -0.2) is 67.1 Å². The highest BCUT2D eigenvalue weighted by atomic mass is 32.2. The molecule has 0 saturated heterocycles. The lowest BCUT2D eigenvalue weighted by atomic mass is 10.1. The quantitative estimate of drug-likeness (QED) is 0.0517. The molecule has 4 N–H and O–H groups in total. The Hall–Kier alpha value is -1.68. The molecule has 0 saturated carbocycles. The summed E-state index contributed by atoms with van der Waals surface area (Å²) in [5, 5.41) is 5.58. The Morgan fingerprint density at radius 2 is 1.14 bits per heavy atom. The van der Waals surface area contributed by atoms with Crippen molar-refractivity contribution in [3.05, 3.63) is 0 Å². The minimum atomic E-state index is -0.804. The molecule has 42 heavy (non-hydrogen) atoms. The number of rotatable bonds is 26. The molecule has 0 aliphatic heterocycles. The van der Waals surface area contributed by atoms with E-state index < -0.39 is 35.9 Å². The number of unbranched alkanes of at least 4 members (excludes halogenated alkanes) is 14. The number of nitrogens with one attached hydrogen (secondary N) is 2. The smallest absolute Gasteiger partial charge is 0.407 e. The number of ether oxygens (including phenoxy) is 3. The van der Waals surface area contributed by atoms with Gasteiger partial charge in [-0.2, -0.15) is 11.8 Å². The zero-order valence-corrected chi connectivity index (χ0v) is 28.3. The molecule has 0 bridgehead atoms. The van der Waals surface area contributed by atoms with Crippen LogP contribution in [0.15, 0.2) is 0 Å².